The molecule has 0 bridgehead atoms. The number of carbonyl (C=O) groups is 1. The molecule has 0 aromatic rings. The van der Waals surface area contributed by atoms with Crippen LogP contribution in [0.4, 0.5) is 0 Å². The minimum atomic E-state index is -4.33. The van der Waals surface area contributed by atoms with E-state index < -0.39 is 20.0 Å². The molecule has 56 heavy (non-hydrogen) atoms. The largest absolute Gasteiger partial charge is 0.472 e. The van der Waals surface area contributed by atoms with Gasteiger partial charge in [-0.05, 0) is 64.2 Å². The number of carbonyl (C=O) groups excluding carboxylic acids is 1. The third-order valence-corrected chi connectivity index (χ3v) is 10.1. The van der Waals surface area contributed by atoms with Gasteiger partial charge in [-0.25, -0.2) is 4.57 Å². The van der Waals surface area contributed by atoms with Crippen molar-refractivity contribution >= 4 is 13.7 Å². The molecule has 0 aromatic carbocycles. The van der Waals surface area contributed by atoms with Gasteiger partial charge in [0, 0.05) is 6.42 Å². The highest BCUT2D eigenvalue weighted by atomic mass is 31.2. The number of rotatable bonds is 38. The second-order valence-corrected chi connectivity index (χ2v) is 17.1. The molecule has 0 saturated heterocycles. The van der Waals surface area contributed by atoms with Gasteiger partial charge in [0.25, 0.3) is 0 Å². The molecular formula is C47H84N2O6P+. The van der Waals surface area contributed by atoms with E-state index in [1.165, 1.54) is 51.4 Å². The smallest absolute Gasteiger partial charge is 0.391 e. The monoisotopic (exact) mass is 804 g/mol. The van der Waals surface area contributed by atoms with E-state index >= 15 is 0 Å². The van der Waals surface area contributed by atoms with Gasteiger partial charge < -0.3 is 19.8 Å². The number of hydrogen-bond donors (Lipinski definition) is 3. The van der Waals surface area contributed by atoms with Gasteiger partial charge in [0.2, 0.25) is 5.91 Å². The first-order valence-corrected chi connectivity index (χ1v) is 23.4. The van der Waals surface area contributed by atoms with Crippen LogP contribution in [0, 0.1) is 0 Å². The minimum Gasteiger partial charge on any atom is -0.391 e. The van der Waals surface area contributed by atoms with Crippen molar-refractivity contribution < 1.29 is 32.9 Å². The Morgan fingerprint density at radius 2 is 1.05 bits per heavy atom. The van der Waals surface area contributed by atoms with Gasteiger partial charge in [-0.3, -0.25) is 13.8 Å². The topological polar surface area (TPSA) is 105 Å². The van der Waals surface area contributed by atoms with Crippen LogP contribution in [0.5, 0.6) is 0 Å². The van der Waals surface area contributed by atoms with Crippen LogP contribution < -0.4 is 5.32 Å². The van der Waals surface area contributed by atoms with Crippen molar-refractivity contribution in [1.29, 1.82) is 0 Å². The van der Waals surface area contributed by atoms with Crippen LogP contribution in [0.3, 0.4) is 0 Å². The zero-order chi connectivity index (χ0) is 41.4. The summed E-state index contributed by atoms with van der Waals surface area (Å²) in [5.41, 5.74) is 0. The van der Waals surface area contributed by atoms with E-state index in [1.807, 2.05) is 21.1 Å². The van der Waals surface area contributed by atoms with Gasteiger partial charge in [-0.2, -0.15) is 0 Å². The first kappa shape index (κ1) is 53.7. The first-order valence-electron chi connectivity index (χ1n) is 22.0. The molecule has 0 aliphatic heterocycles. The van der Waals surface area contributed by atoms with Crippen LogP contribution in [0.15, 0.2) is 85.1 Å². The molecule has 3 N–H and O–H groups in total. The van der Waals surface area contributed by atoms with Crippen LogP contribution >= 0.6 is 7.82 Å². The lowest BCUT2D eigenvalue weighted by Gasteiger charge is -2.26. The van der Waals surface area contributed by atoms with Gasteiger partial charge >= 0.3 is 7.82 Å². The fourth-order valence-corrected chi connectivity index (χ4v) is 6.42. The van der Waals surface area contributed by atoms with Crippen molar-refractivity contribution in [2.24, 2.45) is 0 Å². The van der Waals surface area contributed by atoms with Crippen LogP contribution in [0.25, 0.3) is 0 Å². The molecule has 8 nitrogen and oxygen atoms in total. The Hall–Kier alpha value is -2.32. The van der Waals surface area contributed by atoms with E-state index in [2.05, 4.69) is 104 Å². The Morgan fingerprint density at radius 3 is 1.50 bits per heavy atom. The lowest BCUT2D eigenvalue weighted by molar-refractivity contribution is -0.870. The molecule has 3 unspecified atom stereocenters. The number of phosphoric acid groups is 1. The molecule has 0 aliphatic carbocycles. The lowest BCUT2D eigenvalue weighted by atomic mass is 10.0. The number of quaternary nitrogens is 1. The molecular weight excluding hydrogens is 719 g/mol. The normalized spacial score (nSPS) is 15.2. The lowest BCUT2D eigenvalue weighted by Crippen LogP contribution is -2.46. The maximum Gasteiger partial charge on any atom is 0.472 e. The number of unbranched alkanes of at least 4 members (excludes halogenated alkanes) is 11. The van der Waals surface area contributed by atoms with Gasteiger partial charge in [-0.15, -0.1) is 0 Å². The van der Waals surface area contributed by atoms with E-state index in [0.717, 1.165) is 70.6 Å². The second kappa shape index (κ2) is 38.2. The number of hydrogen-bond acceptors (Lipinski definition) is 5. The average Bonchev–Trinajstić information content (AvgIpc) is 3.15. The Labute approximate surface area is 344 Å². The average molecular weight is 804 g/mol. The number of nitrogens with zero attached hydrogens (tertiary/aromatic N) is 1. The third-order valence-electron chi connectivity index (χ3n) is 9.16. The standard InChI is InChI=1S/C47H83N2O6P/c1-6-8-10-12-14-16-18-19-20-21-22-23-24-25-26-27-28-29-31-33-35-37-39-41-47(51)48-45(44-55-56(52,53)54-43-42-49(3,4)5)46(50)40-38-36-34-32-30-17-15-13-11-9-7-2/h8,10,14,16,19-20,22-23,25-26,28-29,33,35,45-46,50H,6-7,9,11-13,15,17-18,21,24,27,30-32,34,36-44H2,1-5H3,(H-,48,51,52,53)/p+1/b10-8-,16-14-,20-19-,23-22-,26-25-,29-28-,35-33-. The third kappa shape index (κ3) is 39.9. The fourth-order valence-electron chi connectivity index (χ4n) is 5.68. The zero-order valence-corrected chi connectivity index (χ0v) is 37.2. The fraction of sp³-hybridized carbons (Fsp3) is 0.681. The quantitative estimate of drug-likeness (QED) is 0.0248. The summed E-state index contributed by atoms with van der Waals surface area (Å²) in [6.45, 7) is 4.69. The Kier molecular flexibility index (Phi) is 36.6. The molecule has 0 rings (SSSR count). The van der Waals surface area contributed by atoms with Gasteiger partial charge in [0.15, 0.2) is 0 Å². The molecule has 0 saturated carbocycles. The van der Waals surface area contributed by atoms with Crippen molar-refractivity contribution in [2.75, 3.05) is 40.9 Å². The predicted molar refractivity (Wildman–Crippen MR) is 239 cm³/mol. The number of nitrogens with one attached hydrogen (secondary N) is 1. The molecule has 0 aliphatic rings. The summed E-state index contributed by atoms with van der Waals surface area (Å²) in [5, 5.41) is 13.9. The maximum absolute atomic E-state index is 12.8. The highest BCUT2D eigenvalue weighted by molar-refractivity contribution is 7.47. The molecule has 0 radical (unpaired) electrons. The molecule has 0 heterocycles. The van der Waals surface area contributed by atoms with Crippen molar-refractivity contribution in [3.05, 3.63) is 85.1 Å². The van der Waals surface area contributed by atoms with E-state index in [0.29, 0.717) is 30.3 Å². The van der Waals surface area contributed by atoms with E-state index in [9.17, 15) is 19.4 Å². The first-order chi connectivity index (χ1) is 27.0. The summed E-state index contributed by atoms with van der Waals surface area (Å²) < 4.78 is 23.5. The summed E-state index contributed by atoms with van der Waals surface area (Å²) in [5.74, 6) is -0.208. The van der Waals surface area contributed by atoms with Crippen LogP contribution in [-0.4, -0.2) is 73.4 Å². The summed E-state index contributed by atoms with van der Waals surface area (Å²) in [6, 6.07) is -0.795. The molecule has 322 valence electrons. The number of amides is 1. The predicted octanol–water partition coefficient (Wildman–Crippen LogP) is 12.2. The SMILES string of the molecule is CC/C=C\C/C=C\C/C=C\C/C=C\C/C=C\C/C=C\C/C=C\CCCC(=O)NC(COP(=O)(O)OCC[N+](C)(C)C)C(O)CCCCCCCCCCCCC. The van der Waals surface area contributed by atoms with E-state index in [4.69, 9.17) is 9.05 Å². The highest BCUT2D eigenvalue weighted by Crippen LogP contribution is 2.43. The summed E-state index contributed by atoms with van der Waals surface area (Å²) in [7, 11) is 1.56. The maximum atomic E-state index is 12.8. The number of aliphatic hydroxyl groups excluding tert-OH is 1. The van der Waals surface area contributed by atoms with Gasteiger partial charge in [-0.1, -0.05) is 170 Å². The van der Waals surface area contributed by atoms with Crippen molar-refractivity contribution in [2.45, 2.75) is 167 Å². The Morgan fingerprint density at radius 1 is 0.625 bits per heavy atom. The van der Waals surface area contributed by atoms with E-state index in [1.54, 1.807) is 0 Å². The van der Waals surface area contributed by atoms with E-state index in [-0.39, 0.29) is 19.1 Å². The molecule has 3 atom stereocenters. The van der Waals surface area contributed by atoms with Crippen molar-refractivity contribution in [3.8, 4) is 0 Å². The van der Waals surface area contributed by atoms with Crippen LogP contribution in [0.2, 0.25) is 0 Å². The highest BCUT2D eigenvalue weighted by Gasteiger charge is 2.28. The summed E-state index contributed by atoms with van der Waals surface area (Å²) in [6.07, 6.45) is 51.9. The number of allylic oxidation sites excluding steroid dienone is 14. The minimum absolute atomic E-state index is 0.0587. The molecule has 0 fully saturated rings. The number of aliphatic hydroxyl groups is 1. The zero-order valence-electron chi connectivity index (χ0n) is 36.3. The molecule has 1 amide bonds. The van der Waals surface area contributed by atoms with Gasteiger partial charge in [0.1, 0.15) is 13.2 Å². The van der Waals surface area contributed by atoms with Crippen LogP contribution in [-0.2, 0) is 18.4 Å². The van der Waals surface area contributed by atoms with Crippen LogP contribution in [0.1, 0.15) is 155 Å². The Bertz CT molecular complexity index is 1180. The van der Waals surface area contributed by atoms with Crippen molar-refractivity contribution in [1.82, 2.24) is 5.32 Å². The molecule has 9 heteroatoms. The molecule has 0 aromatic heterocycles. The van der Waals surface area contributed by atoms with Gasteiger partial charge in [0.05, 0.1) is 39.9 Å². The Balaban J connectivity index is 4.47. The molecule has 0 spiro atoms. The summed E-state index contributed by atoms with van der Waals surface area (Å²) >= 11 is 0. The number of phosphoric ester groups is 1. The number of likely N-dealkylation sites (N-methyl/N-ethyl adjacent to an activating group) is 1. The summed E-state index contributed by atoms with van der Waals surface area (Å²) in [4.78, 5) is 23.1. The van der Waals surface area contributed by atoms with Crippen molar-refractivity contribution in [3.63, 3.8) is 0 Å². The second-order valence-electron chi connectivity index (χ2n) is 15.7.